The maximum absolute atomic E-state index is 13.6. The first-order chi connectivity index (χ1) is 14.0. The van der Waals surface area contributed by atoms with Crippen molar-refractivity contribution in [2.45, 2.75) is 38.8 Å². The lowest BCUT2D eigenvalue weighted by Crippen LogP contribution is -2.29. The molecule has 0 atom stereocenters. The van der Waals surface area contributed by atoms with E-state index in [1.165, 1.54) is 24.0 Å². The number of aryl methyl sites for hydroxylation is 2. The molecule has 29 heavy (non-hydrogen) atoms. The van der Waals surface area contributed by atoms with E-state index >= 15 is 0 Å². The van der Waals surface area contributed by atoms with E-state index in [4.69, 9.17) is 9.72 Å². The van der Waals surface area contributed by atoms with Crippen LogP contribution in [0.15, 0.2) is 29.1 Å². The molecule has 152 valence electrons. The summed E-state index contributed by atoms with van der Waals surface area (Å²) in [6.07, 6.45) is 4.30. The van der Waals surface area contributed by atoms with Crippen molar-refractivity contribution in [1.82, 2.24) is 14.5 Å². The van der Waals surface area contributed by atoms with Gasteiger partial charge >= 0.3 is 5.97 Å². The zero-order valence-corrected chi connectivity index (χ0v) is 17.8. The van der Waals surface area contributed by atoms with Gasteiger partial charge in [-0.05, 0) is 63.0 Å². The van der Waals surface area contributed by atoms with Gasteiger partial charge < -0.3 is 9.64 Å². The number of thiophene rings is 1. The SMILES string of the molecule is COC(=O)c1cccc(Cn2c(CN(C)C)nc3sc4c(c3c2=O)CCCC4)c1. The number of ether oxygens (including phenoxy) is 1. The van der Waals surface area contributed by atoms with Gasteiger partial charge in [0.25, 0.3) is 5.56 Å². The molecule has 0 radical (unpaired) electrons. The van der Waals surface area contributed by atoms with Crippen LogP contribution in [-0.4, -0.2) is 41.6 Å². The maximum atomic E-state index is 13.6. The van der Waals surface area contributed by atoms with Gasteiger partial charge in [-0.15, -0.1) is 11.3 Å². The number of hydrogen-bond acceptors (Lipinski definition) is 6. The molecule has 0 aliphatic heterocycles. The Labute approximate surface area is 173 Å². The van der Waals surface area contributed by atoms with E-state index in [1.54, 1.807) is 28.0 Å². The first-order valence-corrected chi connectivity index (χ1v) is 10.7. The van der Waals surface area contributed by atoms with Crippen molar-refractivity contribution >= 4 is 27.5 Å². The van der Waals surface area contributed by atoms with Crippen LogP contribution in [0.2, 0.25) is 0 Å². The number of carbonyl (C=O) groups is 1. The summed E-state index contributed by atoms with van der Waals surface area (Å²) in [7, 11) is 5.31. The Balaban J connectivity index is 1.84. The van der Waals surface area contributed by atoms with Crippen molar-refractivity contribution in [1.29, 1.82) is 0 Å². The number of aromatic nitrogens is 2. The molecule has 3 aromatic rings. The lowest BCUT2D eigenvalue weighted by atomic mass is 9.97. The van der Waals surface area contributed by atoms with Crippen LogP contribution in [-0.2, 0) is 30.7 Å². The largest absolute Gasteiger partial charge is 0.465 e. The summed E-state index contributed by atoms with van der Waals surface area (Å²) in [6, 6.07) is 7.24. The van der Waals surface area contributed by atoms with Gasteiger partial charge in [0, 0.05) is 4.88 Å². The second kappa shape index (κ2) is 8.08. The number of esters is 1. The smallest absolute Gasteiger partial charge is 0.337 e. The van der Waals surface area contributed by atoms with Gasteiger partial charge in [0.2, 0.25) is 0 Å². The van der Waals surface area contributed by atoms with Gasteiger partial charge in [-0.2, -0.15) is 0 Å². The summed E-state index contributed by atoms with van der Waals surface area (Å²) in [5, 5.41) is 0.788. The van der Waals surface area contributed by atoms with Crippen LogP contribution in [0.5, 0.6) is 0 Å². The van der Waals surface area contributed by atoms with Gasteiger partial charge in [0.05, 0.1) is 31.1 Å². The van der Waals surface area contributed by atoms with Crippen LogP contribution in [0.3, 0.4) is 0 Å². The van der Waals surface area contributed by atoms with Crippen molar-refractivity contribution in [2.75, 3.05) is 21.2 Å². The highest BCUT2D eigenvalue weighted by atomic mass is 32.1. The van der Waals surface area contributed by atoms with Crippen molar-refractivity contribution in [3.05, 3.63) is 62.0 Å². The third kappa shape index (κ3) is 3.84. The van der Waals surface area contributed by atoms with Gasteiger partial charge in [0.1, 0.15) is 10.7 Å². The van der Waals surface area contributed by atoms with E-state index in [0.29, 0.717) is 18.7 Å². The Morgan fingerprint density at radius 3 is 2.83 bits per heavy atom. The van der Waals surface area contributed by atoms with Crippen LogP contribution in [0, 0.1) is 0 Å². The molecule has 2 heterocycles. The van der Waals surface area contributed by atoms with Crippen LogP contribution in [0.4, 0.5) is 0 Å². The highest BCUT2D eigenvalue weighted by Gasteiger charge is 2.22. The van der Waals surface area contributed by atoms with Gasteiger partial charge in [-0.3, -0.25) is 9.36 Å². The highest BCUT2D eigenvalue weighted by molar-refractivity contribution is 7.18. The molecule has 0 saturated heterocycles. The quantitative estimate of drug-likeness (QED) is 0.603. The normalized spacial score (nSPS) is 13.7. The number of benzene rings is 1. The minimum atomic E-state index is -0.381. The second-order valence-corrected chi connectivity index (χ2v) is 8.82. The standard InChI is InChI=1S/C22H25N3O3S/c1-24(2)13-18-23-20-19(16-9-4-5-10-17(16)29-20)21(26)25(18)12-14-7-6-8-15(11-14)22(27)28-3/h6-8,11H,4-5,9-10,12-13H2,1-3H3. The number of rotatable bonds is 5. The number of carbonyl (C=O) groups excluding carboxylic acids is 1. The fourth-order valence-corrected chi connectivity index (χ4v) is 5.21. The summed E-state index contributed by atoms with van der Waals surface area (Å²) in [5.74, 6) is 0.364. The predicted octanol–water partition coefficient (Wildman–Crippen LogP) is 3.23. The van der Waals surface area contributed by atoms with E-state index in [2.05, 4.69) is 0 Å². The average molecular weight is 412 g/mol. The van der Waals surface area contributed by atoms with E-state index in [0.717, 1.165) is 40.9 Å². The van der Waals surface area contributed by atoms with E-state index in [9.17, 15) is 9.59 Å². The predicted molar refractivity (Wildman–Crippen MR) is 115 cm³/mol. The molecular formula is C22H25N3O3S. The molecule has 0 saturated carbocycles. The van der Waals surface area contributed by atoms with Gasteiger partial charge in [-0.1, -0.05) is 12.1 Å². The number of nitrogens with zero attached hydrogens (tertiary/aromatic N) is 3. The minimum Gasteiger partial charge on any atom is -0.465 e. The van der Waals surface area contributed by atoms with Crippen LogP contribution >= 0.6 is 11.3 Å². The number of methoxy groups -OCH3 is 1. The lowest BCUT2D eigenvalue weighted by Gasteiger charge is -2.17. The van der Waals surface area contributed by atoms with Gasteiger partial charge in [0.15, 0.2) is 0 Å². The van der Waals surface area contributed by atoms with Crippen molar-refractivity contribution in [3.8, 4) is 0 Å². The molecule has 1 aliphatic rings. The lowest BCUT2D eigenvalue weighted by molar-refractivity contribution is 0.0600. The van der Waals surface area contributed by atoms with Crippen LogP contribution in [0.25, 0.3) is 10.2 Å². The highest BCUT2D eigenvalue weighted by Crippen LogP contribution is 2.34. The Bertz CT molecular complexity index is 1130. The Morgan fingerprint density at radius 2 is 2.07 bits per heavy atom. The molecule has 0 N–H and O–H groups in total. The van der Waals surface area contributed by atoms with Crippen molar-refractivity contribution in [2.24, 2.45) is 0 Å². The second-order valence-electron chi connectivity index (χ2n) is 7.74. The molecule has 0 unspecified atom stereocenters. The Kier molecular flexibility index (Phi) is 5.52. The molecule has 1 aliphatic carbocycles. The Morgan fingerprint density at radius 1 is 1.28 bits per heavy atom. The molecule has 0 bridgehead atoms. The third-order valence-corrected chi connectivity index (χ3v) is 6.49. The summed E-state index contributed by atoms with van der Waals surface area (Å²) in [4.78, 5) is 34.5. The fourth-order valence-electron chi connectivity index (χ4n) is 3.94. The molecule has 1 aromatic carbocycles. The van der Waals surface area contributed by atoms with E-state index in [-0.39, 0.29) is 11.5 Å². The first kappa shape index (κ1) is 19.8. The molecule has 6 nitrogen and oxygen atoms in total. The maximum Gasteiger partial charge on any atom is 0.337 e. The zero-order valence-electron chi connectivity index (χ0n) is 17.0. The van der Waals surface area contributed by atoms with Crippen molar-refractivity contribution in [3.63, 3.8) is 0 Å². The summed E-state index contributed by atoms with van der Waals surface area (Å²) in [5.41, 5.74) is 2.58. The molecular weight excluding hydrogens is 386 g/mol. The van der Waals surface area contributed by atoms with E-state index < -0.39 is 0 Å². The molecule has 0 fully saturated rings. The monoisotopic (exact) mass is 411 g/mol. The first-order valence-electron chi connectivity index (χ1n) is 9.84. The molecule has 4 rings (SSSR count). The number of hydrogen-bond donors (Lipinski definition) is 0. The number of fused-ring (bicyclic) bond motifs is 3. The topological polar surface area (TPSA) is 64.4 Å². The third-order valence-electron chi connectivity index (χ3n) is 5.30. The minimum absolute atomic E-state index is 0.0229. The summed E-state index contributed by atoms with van der Waals surface area (Å²) < 4.78 is 6.59. The molecule has 2 aromatic heterocycles. The fraction of sp³-hybridized carbons (Fsp3) is 0.409. The van der Waals surface area contributed by atoms with Crippen LogP contribution in [0.1, 0.15) is 45.0 Å². The molecule has 7 heteroatoms. The van der Waals surface area contributed by atoms with Crippen LogP contribution < -0.4 is 5.56 Å². The van der Waals surface area contributed by atoms with E-state index in [1.807, 2.05) is 31.1 Å². The zero-order chi connectivity index (χ0) is 20.5. The Hall–Kier alpha value is -2.51. The van der Waals surface area contributed by atoms with Crippen molar-refractivity contribution < 1.29 is 9.53 Å². The summed E-state index contributed by atoms with van der Waals surface area (Å²) >= 11 is 1.68. The summed E-state index contributed by atoms with van der Waals surface area (Å²) in [6.45, 7) is 0.949. The molecule has 0 spiro atoms. The van der Waals surface area contributed by atoms with Gasteiger partial charge in [-0.25, -0.2) is 9.78 Å². The average Bonchev–Trinajstić information content (AvgIpc) is 3.08. The molecule has 0 amide bonds.